The minimum absolute atomic E-state index is 0.0603. The number of carbonyl (C=O) groups is 1. The van der Waals surface area contributed by atoms with Crippen molar-refractivity contribution in [1.82, 2.24) is 4.90 Å². The van der Waals surface area contributed by atoms with Crippen molar-refractivity contribution in [3.8, 4) is 0 Å². The molecule has 18 heavy (non-hydrogen) atoms. The predicted octanol–water partition coefficient (Wildman–Crippen LogP) is 2.91. The van der Waals surface area contributed by atoms with E-state index in [-0.39, 0.29) is 11.9 Å². The summed E-state index contributed by atoms with van der Waals surface area (Å²) in [6.45, 7) is 0.501. The summed E-state index contributed by atoms with van der Waals surface area (Å²) in [7, 11) is 1.80. The Bertz CT molecular complexity index is 462. The number of amides is 1. The third kappa shape index (κ3) is 2.87. The monoisotopic (exact) mass is 330 g/mol. The van der Waals surface area contributed by atoms with Gasteiger partial charge in [-0.3, -0.25) is 4.79 Å². The number of halogens is 2. The molecule has 1 unspecified atom stereocenters. The first-order valence-corrected chi connectivity index (χ1v) is 7.14. The van der Waals surface area contributed by atoms with E-state index >= 15 is 0 Å². The molecule has 1 saturated carbocycles. The number of benzene rings is 1. The standard InChI is InChI=1S/C13H16BrClN2O/c1-17(12(7-16)8-2-3-8)13(18)10-5-4-9(14)6-11(10)15/h4-6,8,12H,2-3,7,16H2,1H3. The van der Waals surface area contributed by atoms with Crippen LogP contribution in [0.4, 0.5) is 0 Å². The highest BCUT2D eigenvalue weighted by molar-refractivity contribution is 9.10. The van der Waals surface area contributed by atoms with Crippen LogP contribution in [0, 0.1) is 5.92 Å². The molecule has 0 radical (unpaired) electrons. The summed E-state index contributed by atoms with van der Waals surface area (Å²) in [5, 5.41) is 0.466. The summed E-state index contributed by atoms with van der Waals surface area (Å²) in [5.41, 5.74) is 6.29. The van der Waals surface area contributed by atoms with Gasteiger partial charge in [0.15, 0.2) is 0 Å². The lowest BCUT2D eigenvalue weighted by Crippen LogP contribution is -2.43. The Hall–Kier alpha value is -0.580. The molecule has 0 heterocycles. The molecule has 3 nitrogen and oxygen atoms in total. The van der Waals surface area contributed by atoms with Crippen molar-refractivity contribution < 1.29 is 4.79 Å². The average Bonchev–Trinajstić information content (AvgIpc) is 3.13. The third-order valence-corrected chi connectivity index (χ3v) is 4.19. The zero-order chi connectivity index (χ0) is 13.3. The molecular formula is C13H16BrClN2O. The van der Waals surface area contributed by atoms with Gasteiger partial charge in [-0.25, -0.2) is 0 Å². The van der Waals surface area contributed by atoms with Crippen molar-refractivity contribution in [2.75, 3.05) is 13.6 Å². The topological polar surface area (TPSA) is 46.3 Å². The van der Waals surface area contributed by atoms with Crippen LogP contribution in [-0.4, -0.2) is 30.4 Å². The Morgan fingerprint density at radius 2 is 2.28 bits per heavy atom. The Labute approximate surface area is 120 Å². The molecule has 98 valence electrons. The van der Waals surface area contributed by atoms with Crippen molar-refractivity contribution in [2.45, 2.75) is 18.9 Å². The van der Waals surface area contributed by atoms with Crippen molar-refractivity contribution in [1.29, 1.82) is 0 Å². The van der Waals surface area contributed by atoms with E-state index in [2.05, 4.69) is 15.9 Å². The summed E-state index contributed by atoms with van der Waals surface area (Å²) in [6.07, 6.45) is 2.32. The lowest BCUT2D eigenvalue weighted by Gasteiger charge is -2.27. The normalized spacial score (nSPS) is 16.4. The van der Waals surface area contributed by atoms with Crippen LogP contribution in [0.5, 0.6) is 0 Å². The molecule has 1 atom stereocenters. The molecule has 2 N–H and O–H groups in total. The summed E-state index contributed by atoms with van der Waals surface area (Å²) < 4.78 is 0.865. The number of rotatable bonds is 4. The number of hydrogen-bond acceptors (Lipinski definition) is 2. The Morgan fingerprint density at radius 3 is 2.78 bits per heavy atom. The molecule has 0 spiro atoms. The fourth-order valence-electron chi connectivity index (χ4n) is 2.15. The maximum absolute atomic E-state index is 12.4. The second-order valence-electron chi connectivity index (χ2n) is 4.68. The molecule has 1 aliphatic carbocycles. The van der Waals surface area contributed by atoms with Gasteiger partial charge in [-0.1, -0.05) is 27.5 Å². The smallest absolute Gasteiger partial charge is 0.255 e. The van der Waals surface area contributed by atoms with Crippen molar-refractivity contribution in [2.24, 2.45) is 11.7 Å². The zero-order valence-electron chi connectivity index (χ0n) is 10.2. The van der Waals surface area contributed by atoms with Gasteiger partial charge in [-0.2, -0.15) is 0 Å². The highest BCUT2D eigenvalue weighted by atomic mass is 79.9. The molecule has 1 aromatic carbocycles. The average molecular weight is 332 g/mol. The lowest BCUT2D eigenvalue weighted by molar-refractivity contribution is 0.0719. The molecule has 5 heteroatoms. The number of carbonyl (C=O) groups excluding carboxylic acids is 1. The molecule has 0 aliphatic heterocycles. The zero-order valence-corrected chi connectivity index (χ0v) is 12.5. The summed E-state index contributed by atoms with van der Waals surface area (Å²) in [6, 6.07) is 5.42. The fraction of sp³-hybridized carbons (Fsp3) is 0.462. The van der Waals surface area contributed by atoms with Gasteiger partial charge in [0.1, 0.15) is 0 Å². The summed E-state index contributed by atoms with van der Waals surface area (Å²) in [5.74, 6) is 0.494. The Balaban J connectivity index is 2.19. The SMILES string of the molecule is CN(C(=O)c1ccc(Br)cc1Cl)C(CN)C1CC1. The van der Waals surface area contributed by atoms with E-state index in [4.69, 9.17) is 17.3 Å². The van der Waals surface area contributed by atoms with Gasteiger partial charge in [0.05, 0.1) is 10.6 Å². The van der Waals surface area contributed by atoms with Crippen molar-refractivity contribution >= 4 is 33.4 Å². The fourth-order valence-corrected chi connectivity index (χ4v) is 2.91. The predicted molar refractivity (Wildman–Crippen MR) is 76.8 cm³/mol. The van der Waals surface area contributed by atoms with E-state index < -0.39 is 0 Å². The van der Waals surface area contributed by atoms with E-state index in [1.165, 1.54) is 0 Å². The van der Waals surface area contributed by atoms with Crippen LogP contribution in [0.1, 0.15) is 23.2 Å². The Kier molecular flexibility index (Phi) is 4.30. The van der Waals surface area contributed by atoms with Gasteiger partial charge in [0.25, 0.3) is 5.91 Å². The molecule has 0 bridgehead atoms. The van der Waals surface area contributed by atoms with Gasteiger partial charge in [-0.05, 0) is 37.0 Å². The van der Waals surface area contributed by atoms with Crippen LogP contribution in [0.3, 0.4) is 0 Å². The summed E-state index contributed by atoms with van der Waals surface area (Å²) in [4.78, 5) is 14.1. The molecule has 1 aromatic rings. The first-order valence-electron chi connectivity index (χ1n) is 5.97. The third-order valence-electron chi connectivity index (χ3n) is 3.39. The first-order chi connectivity index (χ1) is 8.54. The van der Waals surface area contributed by atoms with E-state index in [0.717, 1.165) is 17.3 Å². The number of likely N-dealkylation sites (N-methyl/N-ethyl adjacent to an activating group) is 1. The minimum atomic E-state index is -0.0603. The van der Waals surface area contributed by atoms with Gasteiger partial charge in [0, 0.05) is 24.1 Å². The second kappa shape index (κ2) is 5.59. The van der Waals surface area contributed by atoms with Crippen LogP contribution < -0.4 is 5.73 Å². The second-order valence-corrected chi connectivity index (χ2v) is 6.00. The van der Waals surface area contributed by atoms with E-state index in [1.807, 2.05) is 6.07 Å². The van der Waals surface area contributed by atoms with E-state index in [9.17, 15) is 4.79 Å². The summed E-state index contributed by atoms with van der Waals surface area (Å²) >= 11 is 9.43. The molecule has 1 amide bonds. The molecular weight excluding hydrogens is 316 g/mol. The highest BCUT2D eigenvalue weighted by Gasteiger charge is 2.35. The maximum Gasteiger partial charge on any atom is 0.255 e. The number of hydrogen-bond donors (Lipinski definition) is 1. The highest BCUT2D eigenvalue weighted by Crippen LogP contribution is 2.35. The molecule has 2 rings (SSSR count). The van der Waals surface area contributed by atoms with Gasteiger partial charge < -0.3 is 10.6 Å². The number of nitrogens with two attached hydrogens (primary N) is 1. The van der Waals surface area contributed by atoms with E-state index in [0.29, 0.717) is 23.0 Å². The minimum Gasteiger partial charge on any atom is -0.337 e. The van der Waals surface area contributed by atoms with Gasteiger partial charge in [0.2, 0.25) is 0 Å². The quantitative estimate of drug-likeness (QED) is 0.922. The Morgan fingerprint density at radius 1 is 1.61 bits per heavy atom. The van der Waals surface area contributed by atoms with Gasteiger partial charge >= 0.3 is 0 Å². The molecule has 0 aromatic heterocycles. The van der Waals surface area contributed by atoms with Crippen LogP contribution in [0.25, 0.3) is 0 Å². The molecule has 0 saturated heterocycles. The van der Waals surface area contributed by atoms with Crippen molar-refractivity contribution in [3.63, 3.8) is 0 Å². The maximum atomic E-state index is 12.4. The first kappa shape index (κ1) is 13.8. The van der Waals surface area contributed by atoms with E-state index in [1.54, 1.807) is 24.1 Å². The molecule has 1 aliphatic rings. The van der Waals surface area contributed by atoms with Crippen LogP contribution in [0.2, 0.25) is 5.02 Å². The largest absolute Gasteiger partial charge is 0.337 e. The van der Waals surface area contributed by atoms with Crippen LogP contribution >= 0.6 is 27.5 Å². The van der Waals surface area contributed by atoms with Crippen LogP contribution in [0.15, 0.2) is 22.7 Å². The van der Waals surface area contributed by atoms with Crippen LogP contribution in [-0.2, 0) is 0 Å². The molecule has 1 fully saturated rings. The van der Waals surface area contributed by atoms with Crippen molar-refractivity contribution in [3.05, 3.63) is 33.3 Å². The number of nitrogens with zero attached hydrogens (tertiary/aromatic N) is 1. The lowest BCUT2D eigenvalue weighted by atomic mass is 10.1. The van der Waals surface area contributed by atoms with Gasteiger partial charge in [-0.15, -0.1) is 0 Å².